The molecule has 160 valence electrons. The Morgan fingerprint density at radius 3 is 2.65 bits per heavy atom. The summed E-state index contributed by atoms with van der Waals surface area (Å²) in [6.07, 6.45) is 8.91. The normalized spacial score (nSPS) is 13.8. The van der Waals surface area contributed by atoms with Crippen LogP contribution in [0.25, 0.3) is 5.69 Å². The molecule has 3 N–H and O–H groups in total. The van der Waals surface area contributed by atoms with Crippen molar-refractivity contribution in [2.24, 2.45) is 5.73 Å². The van der Waals surface area contributed by atoms with Gasteiger partial charge in [0.1, 0.15) is 0 Å². The lowest BCUT2D eigenvalue weighted by Gasteiger charge is -2.30. The Balaban J connectivity index is 1.59. The zero-order valence-electron chi connectivity index (χ0n) is 17.4. The van der Waals surface area contributed by atoms with Crippen LogP contribution in [0.1, 0.15) is 40.0 Å². The number of aromatic nitrogens is 2. The van der Waals surface area contributed by atoms with Gasteiger partial charge in [-0.15, -0.1) is 0 Å². The first-order valence-corrected chi connectivity index (χ1v) is 11.5. The van der Waals surface area contributed by atoms with Crippen molar-refractivity contribution in [3.05, 3.63) is 66.0 Å². The Kier molecular flexibility index (Phi) is 6.27. The number of imidazole rings is 1. The summed E-state index contributed by atoms with van der Waals surface area (Å²) in [5.74, 6) is -0.680. The molecule has 0 spiro atoms. The molecule has 3 aromatic rings. The standard InChI is InChI=1S/C23H25N5O2S/c1-31-23-25-10-13-28(23)18-7-5-6-16(14-18)22(30)26-17-8-9-19(21(24)29)20(15-17)27-11-3-2-4-12-27/h5-10,13-15H,2-4,11-12H2,1H3,(H2,24,29)(H,26,30). The van der Waals surface area contributed by atoms with Gasteiger partial charge in [0.05, 0.1) is 11.3 Å². The van der Waals surface area contributed by atoms with E-state index in [1.807, 2.05) is 41.3 Å². The molecule has 0 radical (unpaired) electrons. The van der Waals surface area contributed by atoms with E-state index < -0.39 is 5.91 Å². The molecule has 1 saturated heterocycles. The van der Waals surface area contributed by atoms with Gasteiger partial charge >= 0.3 is 0 Å². The fourth-order valence-corrected chi connectivity index (χ4v) is 4.38. The van der Waals surface area contributed by atoms with Gasteiger partial charge in [-0.1, -0.05) is 17.8 Å². The highest BCUT2D eigenvalue weighted by Crippen LogP contribution is 2.28. The van der Waals surface area contributed by atoms with Gasteiger partial charge in [0.2, 0.25) is 0 Å². The molecule has 1 aromatic heterocycles. The van der Waals surface area contributed by atoms with Crippen LogP contribution < -0.4 is 16.0 Å². The van der Waals surface area contributed by atoms with E-state index in [2.05, 4.69) is 15.2 Å². The van der Waals surface area contributed by atoms with Crippen molar-refractivity contribution in [1.29, 1.82) is 0 Å². The highest BCUT2D eigenvalue weighted by Gasteiger charge is 2.18. The molecule has 1 aliphatic rings. The van der Waals surface area contributed by atoms with Gasteiger partial charge in [0.25, 0.3) is 11.8 Å². The number of carbonyl (C=O) groups is 2. The Hall–Kier alpha value is -3.26. The van der Waals surface area contributed by atoms with Crippen LogP contribution in [0, 0.1) is 0 Å². The number of primary amides is 1. The predicted octanol–water partition coefficient (Wildman–Crippen LogP) is 3.94. The van der Waals surface area contributed by atoms with Gasteiger partial charge in [0.15, 0.2) is 5.16 Å². The summed E-state index contributed by atoms with van der Waals surface area (Å²) in [6, 6.07) is 12.6. The van der Waals surface area contributed by atoms with Crippen molar-refractivity contribution in [3.8, 4) is 5.69 Å². The van der Waals surface area contributed by atoms with Crippen LogP contribution in [0.2, 0.25) is 0 Å². The molecule has 0 unspecified atom stereocenters. The molecule has 1 aliphatic heterocycles. The molecule has 0 atom stereocenters. The molecular weight excluding hydrogens is 410 g/mol. The van der Waals surface area contributed by atoms with E-state index in [1.165, 1.54) is 6.42 Å². The number of nitrogens with zero attached hydrogens (tertiary/aromatic N) is 3. The van der Waals surface area contributed by atoms with Gasteiger partial charge in [0, 0.05) is 42.4 Å². The molecule has 2 heterocycles. The third-order valence-corrected chi connectivity index (χ3v) is 6.06. The van der Waals surface area contributed by atoms with Gasteiger partial charge in [-0.3, -0.25) is 14.2 Å². The highest BCUT2D eigenvalue weighted by atomic mass is 32.2. The summed E-state index contributed by atoms with van der Waals surface area (Å²) < 4.78 is 1.94. The molecule has 7 nitrogen and oxygen atoms in total. The number of benzene rings is 2. The van der Waals surface area contributed by atoms with E-state index in [0.717, 1.165) is 42.5 Å². The number of carbonyl (C=O) groups excluding carboxylic acids is 2. The second-order valence-corrected chi connectivity index (χ2v) is 8.21. The number of hydrogen-bond acceptors (Lipinski definition) is 5. The van der Waals surface area contributed by atoms with Crippen molar-refractivity contribution in [1.82, 2.24) is 9.55 Å². The number of anilines is 2. The largest absolute Gasteiger partial charge is 0.371 e. The Morgan fingerprint density at radius 1 is 1.10 bits per heavy atom. The zero-order chi connectivity index (χ0) is 21.8. The second-order valence-electron chi connectivity index (χ2n) is 7.43. The fraction of sp³-hybridized carbons (Fsp3) is 0.261. The minimum absolute atomic E-state index is 0.218. The van der Waals surface area contributed by atoms with Crippen molar-refractivity contribution >= 4 is 35.0 Å². The Bertz CT molecular complexity index is 1100. The van der Waals surface area contributed by atoms with Crippen molar-refractivity contribution < 1.29 is 9.59 Å². The smallest absolute Gasteiger partial charge is 0.255 e. The number of piperidine rings is 1. The Labute approximate surface area is 185 Å². The molecule has 8 heteroatoms. The van der Waals surface area contributed by atoms with E-state index in [-0.39, 0.29) is 5.91 Å². The zero-order valence-corrected chi connectivity index (χ0v) is 18.2. The lowest BCUT2D eigenvalue weighted by Crippen LogP contribution is -2.31. The van der Waals surface area contributed by atoms with Gasteiger partial charge in [-0.05, 0) is 61.9 Å². The summed E-state index contributed by atoms with van der Waals surface area (Å²) in [5, 5.41) is 3.81. The number of hydrogen-bond donors (Lipinski definition) is 2. The van der Waals surface area contributed by atoms with Crippen LogP contribution in [0.5, 0.6) is 0 Å². The van der Waals surface area contributed by atoms with E-state index in [0.29, 0.717) is 16.8 Å². The third kappa shape index (κ3) is 4.59. The van der Waals surface area contributed by atoms with Gasteiger partial charge in [-0.25, -0.2) is 4.98 Å². The van der Waals surface area contributed by atoms with E-state index >= 15 is 0 Å². The number of nitrogens with two attached hydrogens (primary N) is 1. The average Bonchev–Trinajstić information content (AvgIpc) is 3.28. The summed E-state index contributed by atoms with van der Waals surface area (Å²) in [4.78, 5) is 31.4. The topological polar surface area (TPSA) is 93.2 Å². The summed E-state index contributed by atoms with van der Waals surface area (Å²) in [5.41, 5.74) is 8.89. The monoisotopic (exact) mass is 435 g/mol. The molecule has 4 rings (SSSR count). The predicted molar refractivity (Wildman–Crippen MR) is 124 cm³/mol. The first kappa shape index (κ1) is 21.0. The molecule has 31 heavy (non-hydrogen) atoms. The molecule has 0 bridgehead atoms. The number of amides is 2. The number of thioether (sulfide) groups is 1. The first-order chi connectivity index (χ1) is 15.1. The van der Waals surface area contributed by atoms with Crippen molar-refractivity contribution in [3.63, 3.8) is 0 Å². The number of rotatable bonds is 6. The quantitative estimate of drug-likeness (QED) is 0.572. The third-order valence-electron chi connectivity index (χ3n) is 5.39. The lowest BCUT2D eigenvalue weighted by molar-refractivity contribution is 0.0998. The maximum absolute atomic E-state index is 13.0. The molecule has 2 aromatic carbocycles. The summed E-state index contributed by atoms with van der Waals surface area (Å²) in [7, 11) is 0. The van der Waals surface area contributed by atoms with Gasteiger partial charge < -0.3 is 16.0 Å². The van der Waals surface area contributed by atoms with Crippen molar-refractivity contribution in [2.75, 3.05) is 29.6 Å². The van der Waals surface area contributed by atoms with Crippen LogP contribution in [0.3, 0.4) is 0 Å². The minimum atomic E-state index is -0.462. The molecule has 0 saturated carbocycles. The lowest BCUT2D eigenvalue weighted by atomic mass is 10.1. The SMILES string of the molecule is CSc1nccn1-c1cccc(C(=O)Nc2ccc(C(N)=O)c(N3CCCCC3)c2)c1. The summed E-state index contributed by atoms with van der Waals surface area (Å²) >= 11 is 1.54. The van der Waals surface area contributed by atoms with Crippen LogP contribution >= 0.6 is 11.8 Å². The van der Waals surface area contributed by atoms with Crippen LogP contribution in [-0.2, 0) is 0 Å². The summed E-state index contributed by atoms with van der Waals surface area (Å²) in [6.45, 7) is 1.75. The minimum Gasteiger partial charge on any atom is -0.371 e. The van der Waals surface area contributed by atoms with Crippen LogP contribution in [0.15, 0.2) is 60.0 Å². The highest BCUT2D eigenvalue weighted by molar-refractivity contribution is 7.98. The van der Waals surface area contributed by atoms with Crippen LogP contribution in [0.4, 0.5) is 11.4 Å². The maximum Gasteiger partial charge on any atom is 0.255 e. The second kappa shape index (κ2) is 9.26. The molecule has 1 fully saturated rings. The average molecular weight is 436 g/mol. The van der Waals surface area contributed by atoms with E-state index in [9.17, 15) is 9.59 Å². The van der Waals surface area contributed by atoms with Crippen LogP contribution in [-0.4, -0.2) is 40.7 Å². The van der Waals surface area contributed by atoms with E-state index in [4.69, 9.17) is 5.73 Å². The van der Waals surface area contributed by atoms with Gasteiger partial charge in [-0.2, -0.15) is 0 Å². The molecule has 0 aliphatic carbocycles. The molecule has 2 amide bonds. The van der Waals surface area contributed by atoms with Crippen molar-refractivity contribution in [2.45, 2.75) is 24.4 Å². The maximum atomic E-state index is 13.0. The van der Waals surface area contributed by atoms with E-state index in [1.54, 1.807) is 36.2 Å². The Morgan fingerprint density at radius 2 is 1.90 bits per heavy atom. The fourth-order valence-electron chi connectivity index (χ4n) is 3.85. The first-order valence-electron chi connectivity index (χ1n) is 10.2. The molecular formula is C23H25N5O2S. The number of nitrogens with one attached hydrogen (secondary N) is 1.